The van der Waals surface area contributed by atoms with E-state index in [9.17, 15) is 0 Å². The first-order chi connectivity index (χ1) is 10.9. The zero-order valence-electron chi connectivity index (χ0n) is 14.2. The predicted octanol–water partition coefficient (Wildman–Crippen LogP) is 3.77. The highest BCUT2D eigenvalue weighted by molar-refractivity contribution is 14.0. The summed E-state index contributed by atoms with van der Waals surface area (Å²) in [7, 11) is 0. The lowest BCUT2D eigenvalue weighted by Crippen LogP contribution is -2.38. The Bertz CT molecular complexity index is 404. The molecule has 0 aliphatic carbocycles. The lowest BCUT2D eigenvalue weighted by atomic mass is 10.3. The minimum atomic E-state index is 0. The van der Waals surface area contributed by atoms with Gasteiger partial charge in [-0.1, -0.05) is 18.2 Å². The maximum Gasteiger partial charge on any atom is 0.191 e. The van der Waals surface area contributed by atoms with E-state index in [1.807, 2.05) is 42.1 Å². The van der Waals surface area contributed by atoms with Gasteiger partial charge in [0.1, 0.15) is 5.75 Å². The third-order valence-corrected chi connectivity index (χ3v) is 3.69. The molecule has 0 atom stereocenters. The lowest BCUT2D eigenvalue weighted by molar-refractivity contribution is 0.313. The number of nitrogens with one attached hydrogen (secondary N) is 2. The number of hydrogen-bond acceptors (Lipinski definition) is 3. The number of guanidine groups is 1. The normalized spacial score (nSPS) is 10.8. The summed E-state index contributed by atoms with van der Waals surface area (Å²) in [5.74, 6) is 3.06. The van der Waals surface area contributed by atoms with Gasteiger partial charge >= 0.3 is 0 Å². The van der Waals surface area contributed by atoms with Crippen LogP contribution in [0.5, 0.6) is 5.75 Å². The van der Waals surface area contributed by atoms with Crippen LogP contribution in [0.3, 0.4) is 0 Å². The van der Waals surface area contributed by atoms with Gasteiger partial charge in [0, 0.05) is 26.1 Å². The van der Waals surface area contributed by atoms with E-state index in [1.54, 1.807) is 0 Å². The first kappa shape index (κ1) is 22.4. The zero-order valence-corrected chi connectivity index (χ0v) is 17.4. The van der Waals surface area contributed by atoms with Crippen LogP contribution in [0.1, 0.15) is 26.2 Å². The molecule has 0 radical (unpaired) electrons. The molecule has 6 heteroatoms. The molecule has 0 aliphatic rings. The summed E-state index contributed by atoms with van der Waals surface area (Å²) in [6.45, 7) is 5.42. The van der Waals surface area contributed by atoms with Gasteiger partial charge in [-0.2, -0.15) is 11.8 Å². The van der Waals surface area contributed by atoms with Gasteiger partial charge in [-0.15, -0.1) is 24.0 Å². The Kier molecular flexibility index (Phi) is 15.8. The molecule has 1 aromatic carbocycles. The standard InChI is InChI=1S/C17H29N3OS.HI/c1-3-18-17(19-12-7-8-15-22-2)20-13-9-14-21-16-10-5-4-6-11-16;/h4-6,10-11H,3,7-9,12-15H2,1-2H3,(H2,18,19,20);1H. The van der Waals surface area contributed by atoms with E-state index < -0.39 is 0 Å². The van der Waals surface area contributed by atoms with E-state index in [0.29, 0.717) is 6.61 Å². The fourth-order valence-electron chi connectivity index (χ4n) is 1.88. The van der Waals surface area contributed by atoms with E-state index in [2.05, 4.69) is 28.8 Å². The average Bonchev–Trinajstić information content (AvgIpc) is 2.55. The average molecular weight is 451 g/mol. The second-order valence-corrected chi connectivity index (χ2v) is 5.89. The third kappa shape index (κ3) is 12.5. The van der Waals surface area contributed by atoms with Crippen molar-refractivity contribution in [2.45, 2.75) is 26.2 Å². The highest BCUT2D eigenvalue weighted by Gasteiger charge is 1.97. The van der Waals surface area contributed by atoms with Crippen LogP contribution < -0.4 is 15.4 Å². The maximum absolute atomic E-state index is 5.66. The summed E-state index contributed by atoms with van der Waals surface area (Å²) in [5.41, 5.74) is 0. The third-order valence-electron chi connectivity index (χ3n) is 3.00. The molecular formula is C17H30IN3OS. The summed E-state index contributed by atoms with van der Waals surface area (Å²) in [4.78, 5) is 4.57. The van der Waals surface area contributed by atoms with Crippen molar-refractivity contribution < 1.29 is 4.74 Å². The van der Waals surface area contributed by atoms with E-state index in [4.69, 9.17) is 4.74 Å². The minimum Gasteiger partial charge on any atom is -0.494 e. The molecule has 0 saturated carbocycles. The molecular weight excluding hydrogens is 421 g/mol. The van der Waals surface area contributed by atoms with Crippen molar-refractivity contribution in [3.05, 3.63) is 30.3 Å². The van der Waals surface area contributed by atoms with Crippen molar-refractivity contribution >= 4 is 41.7 Å². The van der Waals surface area contributed by atoms with Crippen LogP contribution >= 0.6 is 35.7 Å². The van der Waals surface area contributed by atoms with Crippen LogP contribution in [0.15, 0.2) is 35.3 Å². The molecule has 0 unspecified atom stereocenters. The summed E-state index contributed by atoms with van der Waals surface area (Å²) in [6.07, 6.45) is 5.50. The number of hydrogen-bond donors (Lipinski definition) is 2. The second-order valence-electron chi connectivity index (χ2n) is 4.90. The Morgan fingerprint density at radius 3 is 2.61 bits per heavy atom. The monoisotopic (exact) mass is 451 g/mol. The molecule has 0 heterocycles. The predicted molar refractivity (Wildman–Crippen MR) is 114 cm³/mol. The fourth-order valence-corrected chi connectivity index (χ4v) is 2.37. The topological polar surface area (TPSA) is 45.7 Å². The number of thioether (sulfide) groups is 1. The highest BCUT2D eigenvalue weighted by Crippen LogP contribution is 2.08. The van der Waals surface area contributed by atoms with Crippen LogP contribution in [0.2, 0.25) is 0 Å². The number of nitrogens with zero attached hydrogens (tertiary/aromatic N) is 1. The largest absolute Gasteiger partial charge is 0.494 e. The first-order valence-electron chi connectivity index (χ1n) is 8.05. The molecule has 0 aromatic heterocycles. The summed E-state index contributed by atoms with van der Waals surface area (Å²) in [6, 6.07) is 9.91. The van der Waals surface area contributed by atoms with Gasteiger partial charge in [0.25, 0.3) is 0 Å². The van der Waals surface area contributed by atoms with E-state index in [1.165, 1.54) is 18.6 Å². The molecule has 0 saturated heterocycles. The van der Waals surface area contributed by atoms with Crippen LogP contribution in [-0.2, 0) is 0 Å². The molecule has 0 spiro atoms. The van der Waals surface area contributed by atoms with Crippen LogP contribution in [-0.4, -0.2) is 44.2 Å². The Hall–Kier alpha value is -0.630. The Labute approximate surface area is 162 Å². The number of benzene rings is 1. The van der Waals surface area contributed by atoms with Crippen molar-refractivity contribution in [1.29, 1.82) is 0 Å². The van der Waals surface area contributed by atoms with Crippen molar-refractivity contribution in [3.63, 3.8) is 0 Å². The zero-order chi connectivity index (χ0) is 15.9. The van der Waals surface area contributed by atoms with Crippen molar-refractivity contribution in [2.75, 3.05) is 38.2 Å². The van der Waals surface area contributed by atoms with Crippen LogP contribution in [0.4, 0.5) is 0 Å². The van der Waals surface area contributed by atoms with E-state index >= 15 is 0 Å². The summed E-state index contributed by atoms with van der Waals surface area (Å²) >= 11 is 1.90. The van der Waals surface area contributed by atoms with Crippen molar-refractivity contribution in [1.82, 2.24) is 10.6 Å². The van der Waals surface area contributed by atoms with Gasteiger partial charge in [0.2, 0.25) is 0 Å². The molecule has 1 rings (SSSR count). The Morgan fingerprint density at radius 2 is 1.91 bits per heavy atom. The number of unbranched alkanes of at least 4 members (excludes halogenated alkanes) is 1. The molecule has 1 aromatic rings. The maximum atomic E-state index is 5.66. The smallest absolute Gasteiger partial charge is 0.191 e. The van der Waals surface area contributed by atoms with Crippen molar-refractivity contribution in [3.8, 4) is 5.75 Å². The second kappa shape index (κ2) is 16.2. The molecule has 4 nitrogen and oxygen atoms in total. The Morgan fingerprint density at radius 1 is 1.13 bits per heavy atom. The first-order valence-corrected chi connectivity index (χ1v) is 9.45. The van der Waals surface area contributed by atoms with E-state index in [-0.39, 0.29) is 24.0 Å². The SMILES string of the molecule is CCNC(=NCCCOc1ccccc1)NCCCCSC.I. The quantitative estimate of drug-likeness (QED) is 0.233. The highest BCUT2D eigenvalue weighted by atomic mass is 127. The molecule has 0 amide bonds. The molecule has 23 heavy (non-hydrogen) atoms. The van der Waals surface area contributed by atoms with Crippen LogP contribution in [0, 0.1) is 0 Å². The van der Waals surface area contributed by atoms with Gasteiger partial charge in [0.05, 0.1) is 6.61 Å². The summed E-state index contributed by atoms with van der Waals surface area (Å²) in [5, 5.41) is 6.65. The van der Waals surface area contributed by atoms with Gasteiger partial charge in [-0.3, -0.25) is 4.99 Å². The lowest BCUT2D eigenvalue weighted by Gasteiger charge is -2.11. The van der Waals surface area contributed by atoms with Gasteiger partial charge < -0.3 is 15.4 Å². The van der Waals surface area contributed by atoms with Crippen molar-refractivity contribution in [2.24, 2.45) is 4.99 Å². The van der Waals surface area contributed by atoms with Gasteiger partial charge in [0.15, 0.2) is 5.96 Å². The minimum absolute atomic E-state index is 0. The van der Waals surface area contributed by atoms with Gasteiger partial charge in [-0.05, 0) is 43.9 Å². The molecule has 2 N–H and O–H groups in total. The number of ether oxygens (including phenoxy) is 1. The number of rotatable bonds is 11. The van der Waals surface area contributed by atoms with Gasteiger partial charge in [-0.25, -0.2) is 0 Å². The molecule has 0 fully saturated rings. The fraction of sp³-hybridized carbons (Fsp3) is 0.588. The Balaban J connectivity index is 0.00000484. The molecule has 0 aliphatic heterocycles. The number of aliphatic imine (C=N–C) groups is 1. The summed E-state index contributed by atoms with van der Waals surface area (Å²) < 4.78 is 5.66. The van der Waals surface area contributed by atoms with E-state index in [0.717, 1.165) is 37.8 Å². The van der Waals surface area contributed by atoms with Crippen LogP contribution in [0.25, 0.3) is 0 Å². The number of halogens is 1. The molecule has 132 valence electrons. The molecule has 0 bridgehead atoms. The number of para-hydroxylation sites is 1.